The first-order valence-electron chi connectivity index (χ1n) is 6.81. The van der Waals surface area contributed by atoms with Crippen LogP contribution in [0, 0.1) is 0 Å². The molecule has 5 N–H and O–H groups in total. The number of imidazole rings is 1. The molecule has 24 heavy (non-hydrogen) atoms. The van der Waals surface area contributed by atoms with Crippen molar-refractivity contribution in [1.82, 2.24) is 19.5 Å². The molecule has 13 heteroatoms. The van der Waals surface area contributed by atoms with E-state index in [9.17, 15) is 9.67 Å². The normalized spacial score (nSPS) is 27.8. The van der Waals surface area contributed by atoms with Crippen LogP contribution in [0.3, 0.4) is 0 Å². The first-order valence-corrected chi connectivity index (χ1v) is 11.0. The van der Waals surface area contributed by atoms with Crippen molar-refractivity contribution in [3.8, 4) is 0 Å². The number of hydrogen-bond donors (Lipinski definition) is 4. The SMILES string of the molecule is C[Se][C@@H]1[C@H](O)[C@@H](COP(=O)(O)O)O[C@H]1n1cnc2c(N)ncnc21. The van der Waals surface area contributed by atoms with Gasteiger partial charge in [-0.05, 0) is 0 Å². The summed E-state index contributed by atoms with van der Waals surface area (Å²) in [5, 5.41) is 10.4. The van der Waals surface area contributed by atoms with E-state index < -0.39 is 32.9 Å². The summed E-state index contributed by atoms with van der Waals surface area (Å²) in [5.41, 5.74) is 6.65. The second kappa shape index (κ2) is 6.66. The molecule has 0 aromatic carbocycles. The quantitative estimate of drug-likeness (QED) is 0.357. The van der Waals surface area contributed by atoms with Gasteiger partial charge in [-0.2, -0.15) is 0 Å². The van der Waals surface area contributed by atoms with E-state index in [2.05, 4.69) is 19.5 Å². The van der Waals surface area contributed by atoms with Crippen LogP contribution in [0.2, 0.25) is 10.6 Å². The maximum atomic E-state index is 10.9. The third-order valence-corrected chi connectivity index (χ3v) is 6.35. The van der Waals surface area contributed by atoms with Crippen molar-refractivity contribution in [1.29, 1.82) is 0 Å². The molecular formula is C11H16N5O6PSe. The summed E-state index contributed by atoms with van der Waals surface area (Å²) in [5.74, 6) is 2.17. The molecule has 3 rings (SSSR count). The van der Waals surface area contributed by atoms with Crippen LogP contribution in [-0.4, -0.2) is 68.2 Å². The first-order chi connectivity index (χ1) is 11.3. The summed E-state index contributed by atoms with van der Waals surface area (Å²) in [7, 11) is -4.64. The zero-order valence-corrected chi connectivity index (χ0v) is 15.1. The second-order valence-corrected chi connectivity index (χ2v) is 8.50. The first kappa shape index (κ1) is 17.7. The van der Waals surface area contributed by atoms with Crippen LogP contribution >= 0.6 is 7.82 Å². The molecule has 11 nitrogen and oxygen atoms in total. The molecule has 1 fully saturated rings. The van der Waals surface area contributed by atoms with Gasteiger partial charge < -0.3 is 0 Å². The number of aliphatic hydroxyl groups is 1. The van der Waals surface area contributed by atoms with Gasteiger partial charge in [0.1, 0.15) is 0 Å². The fraction of sp³-hybridized carbons (Fsp3) is 0.545. The molecule has 2 aromatic rings. The Labute approximate surface area is 142 Å². The number of ether oxygens (including phenoxy) is 1. The standard InChI is InChI=1S/C11H16N5O6PSe/c1-24-8-7(17)5(2-21-23(18,19)20)22-11(8)16-4-15-6-9(12)13-3-14-10(6)16/h3-5,7-8,11,17H,2H2,1H3,(H2,12,13,14)(H2,18,19,20)/t5-,7-,8-,11-/m1/s1. The van der Waals surface area contributed by atoms with E-state index in [-0.39, 0.29) is 25.6 Å². The Morgan fingerprint density at radius 3 is 2.88 bits per heavy atom. The molecule has 1 saturated heterocycles. The van der Waals surface area contributed by atoms with Crippen molar-refractivity contribution < 1.29 is 28.7 Å². The van der Waals surface area contributed by atoms with E-state index in [1.807, 2.05) is 5.82 Å². The van der Waals surface area contributed by atoms with Gasteiger partial charge in [-0.15, -0.1) is 0 Å². The molecule has 0 spiro atoms. The molecule has 0 unspecified atom stereocenters. The number of anilines is 1. The predicted octanol–water partition coefficient (Wildman–Crippen LogP) is -0.683. The van der Waals surface area contributed by atoms with E-state index in [1.54, 1.807) is 4.57 Å². The van der Waals surface area contributed by atoms with Crippen LogP contribution in [0.1, 0.15) is 6.23 Å². The van der Waals surface area contributed by atoms with Crippen LogP contribution < -0.4 is 5.73 Å². The predicted molar refractivity (Wildman–Crippen MR) is 83.0 cm³/mol. The number of hydrogen-bond acceptors (Lipinski definition) is 8. The molecule has 4 atom stereocenters. The van der Waals surface area contributed by atoms with E-state index in [1.165, 1.54) is 12.7 Å². The van der Waals surface area contributed by atoms with Crippen molar-refractivity contribution >= 4 is 39.8 Å². The molecule has 132 valence electrons. The molecule has 3 heterocycles. The van der Waals surface area contributed by atoms with E-state index in [0.29, 0.717) is 11.2 Å². The van der Waals surface area contributed by atoms with Crippen LogP contribution in [0.4, 0.5) is 5.82 Å². The summed E-state index contributed by atoms with van der Waals surface area (Å²) in [6.45, 7) is -0.418. The number of nitrogen functional groups attached to an aromatic ring is 1. The Bertz CT molecular complexity index is 783. The molecule has 1 aliphatic heterocycles. The van der Waals surface area contributed by atoms with Crippen molar-refractivity contribution in [3.63, 3.8) is 0 Å². The topological polar surface area (TPSA) is 166 Å². The van der Waals surface area contributed by atoms with Gasteiger partial charge >= 0.3 is 142 Å². The minimum absolute atomic E-state index is 0.0177. The molecule has 2 aromatic heterocycles. The summed E-state index contributed by atoms with van der Waals surface area (Å²) in [4.78, 5) is 29.6. The van der Waals surface area contributed by atoms with Crippen LogP contribution in [0.15, 0.2) is 12.7 Å². The summed E-state index contributed by atoms with van der Waals surface area (Å²) < 4.78 is 22.8. The number of rotatable bonds is 5. The van der Waals surface area contributed by atoms with Crippen molar-refractivity contribution in [3.05, 3.63) is 12.7 Å². The number of nitrogens with zero attached hydrogens (tertiary/aromatic N) is 4. The number of fused-ring (bicyclic) bond motifs is 1. The number of aliphatic hydroxyl groups excluding tert-OH is 1. The number of phosphoric acid groups is 1. The Morgan fingerprint density at radius 2 is 2.21 bits per heavy atom. The van der Waals surface area contributed by atoms with E-state index in [0.717, 1.165) is 0 Å². The average molecular weight is 424 g/mol. The van der Waals surface area contributed by atoms with Gasteiger partial charge in [0.15, 0.2) is 0 Å². The molecule has 1 aliphatic rings. The number of nitrogens with two attached hydrogens (primary N) is 1. The van der Waals surface area contributed by atoms with Crippen molar-refractivity contribution in [2.24, 2.45) is 0 Å². The molecule has 0 bridgehead atoms. The second-order valence-electron chi connectivity index (χ2n) is 5.13. The van der Waals surface area contributed by atoms with Gasteiger partial charge in [0.05, 0.1) is 0 Å². The molecule has 0 aliphatic carbocycles. The average Bonchev–Trinajstić information content (AvgIpc) is 3.06. The monoisotopic (exact) mass is 425 g/mol. The van der Waals surface area contributed by atoms with Gasteiger partial charge in [0.2, 0.25) is 0 Å². The van der Waals surface area contributed by atoms with Gasteiger partial charge in [0, 0.05) is 0 Å². The van der Waals surface area contributed by atoms with Crippen LogP contribution in [-0.2, 0) is 13.8 Å². The molecule has 0 saturated carbocycles. The Kier molecular flexibility index (Phi) is 4.92. The van der Waals surface area contributed by atoms with E-state index >= 15 is 0 Å². The van der Waals surface area contributed by atoms with Gasteiger partial charge in [-0.3, -0.25) is 0 Å². The minimum atomic E-state index is -4.64. The zero-order chi connectivity index (χ0) is 17.5. The van der Waals surface area contributed by atoms with E-state index in [4.69, 9.17) is 20.3 Å². The number of aromatic nitrogens is 4. The summed E-state index contributed by atoms with van der Waals surface area (Å²) in [6, 6.07) is 0. The van der Waals surface area contributed by atoms with Crippen molar-refractivity contribution in [2.75, 3.05) is 12.3 Å². The number of phosphoric ester groups is 1. The zero-order valence-electron chi connectivity index (χ0n) is 12.5. The van der Waals surface area contributed by atoms with Crippen molar-refractivity contribution in [2.45, 2.75) is 29.1 Å². The third kappa shape index (κ3) is 3.32. The molecule has 0 radical (unpaired) electrons. The fourth-order valence-corrected chi connectivity index (χ4v) is 4.75. The van der Waals surface area contributed by atoms with Gasteiger partial charge in [-0.25, -0.2) is 0 Å². The van der Waals surface area contributed by atoms with Crippen LogP contribution in [0.5, 0.6) is 0 Å². The summed E-state index contributed by atoms with van der Waals surface area (Å²) >= 11 is -0.0177. The van der Waals surface area contributed by atoms with Gasteiger partial charge in [-0.1, -0.05) is 0 Å². The maximum absolute atomic E-state index is 10.9. The molecular weight excluding hydrogens is 408 g/mol. The fourth-order valence-electron chi connectivity index (χ4n) is 2.56. The third-order valence-electron chi connectivity index (χ3n) is 3.65. The Morgan fingerprint density at radius 1 is 1.46 bits per heavy atom. The Balaban J connectivity index is 1.89. The Hall–Kier alpha value is -1.10. The van der Waals surface area contributed by atoms with Crippen LogP contribution in [0.25, 0.3) is 11.2 Å². The summed E-state index contributed by atoms with van der Waals surface area (Å²) in [6.07, 6.45) is 0.420. The van der Waals surface area contributed by atoms with Gasteiger partial charge in [0.25, 0.3) is 0 Å². The molecule has 0 amide bonds.